The number of hydrogen-bond donors (Lipinski definition) is 2. The van der Waals surface area contributed by atoms with Gasteiger partial charge in [-0.15, -0.1) is 0 Å². The summed E-state index contributed by atoms with van der Waals surface area (Å²) in [7, 11) is 0. The van der Waals surface area contributed by atoms with E-state index in [0.717, 1.165) is 16.8 Å². The van der Waals surface area contributed by atoms with Gasteiger partial charge in [0.2, 0.25) is 5.91 Å². The van der Waals surface area contributed by atoms with Crippen molar-refractivity contribution in [3.05, 3.63) is 102 Å². The van der Waals surface area contributed by atoms with Crippen LogP contribution in [0.1, 0.15) is 27.7 Å². The second kappa shape index (κ2) is 7.33. The molecule has 0 fully saturated rings. The molecule has 1 atom stereocenters. The fourth-order valence-corrected chi connectivity index (χ4v) is 3.19. The third-order valence-corrected chi connectivity index (χ3v) is 4.49. The summed E-state index contributed by atoms with van der Waals surface area (Å²) in [5.41, 5.74) is 5.86. The van der Waals surface area contributed by atoms with E-state index in [0.29, 0.717) is 5.56 Å². The lowest BCUT2D eigenvalue weighted by molar-refractivity contribution is -0.125. The van der Waals surface area contributed by atoms with Gasteiger partial charge in [0, 0.05) is 5.69 Å². The number of anilines is 1. The number of fused-ring (bicyclic) bond motifs is 1. The molecule has 0 radical (unpaired) electrons. The molecule has 0 saturated carbocycles. The molecular formula is C22H19N3O2. The Labute approximate surface area is 157 Å². The van der Waals surface area contributed by atoms with E-state index >= 15 is 0 Å². The molecule has 0 aromatic heterocycles. The van der Waals surface area contributed by atoms with Gasteiger partial charge >= 0.3 is 0 Å². The Morgan fingerprint density at radius 1 is 0.889 bits per heavy atom. The largest absolute Gasteiger partial charge is 0.359 e. The van der Waals surface area contributed by atoms with Crippen LogP contribution in [0.4, 0.5) is 5.69 Å². The van der Waals surface area contributed by atoms with Crippen molar-refractivity contribution in [2.24, 2.45) is 0 Å². The highest BCUT2D eigenvalue weighted by atomic mass is 16.2. The fraction of sp³-hybridized carbons (Fsp3) is 0.0909. The van der Waals surface area contributed by atoms with Crippen LogP contribution in [0.5, 0.6) is 0 Å². The molecule has 0 spiro atoms. The fourth-order valence-electron chi connectivity index (χ4n) is 3.19. The Hall–Kier alpha value is -3.60. The molecule has 1 aliphatic heterocycles. The zero-order valence-corrected chi connectivity index (χ0v) is 14.6. The molecule has 0 bridgehead atoms. The number of carbonyl (C=O) groups is 2. The van der Waals surface area contributed by atoms with E-state index < -0.39 is 6.17 Å². The van der Waals surface area contributed by atoms with Gasteiger partial charge in [-0.1, -0.05) is 72.8 Å². The molecular weight excluding hydrogens is 338 g/mol. The monoisotopic (exact) mass is 357 g/mol. The van der Waals surface area contributed by atoms with Crippen molar-refractivity contribution in [3.8, 4) is 0 Å². The molecule has 4 rings (SSSR count). The molecule has 1 unspecified atom stereocenters. The second-order valence-corrected chi connectivity index (χ2v) is 6.38. The predicted octanol–water partition coefficient (Wildman–Crippen LogP) is 3.53. The minimum atomic E-state index is -0.478. The maximum absolute atomic E-state index is 13.1. The molecule has 27 heavy (non-hydrogen) atoms. The van der Waals surface area contributed by atoms with Crippen molar-refractivity contribution in [1.82, 2.24) is 10.4 Å². The Kier molecular flexibility index (Phi) is 4.58. The minimum absolute atomic E-state index is 0.202. The summed E-state index contributed by atoms with van der Waals surface area (Å²) >= 11 is 0. The highest BCUT2D eigenvalue weighted by Gasteiger charge is 2.34. The van der Waals surface area contributed by atoms with E-state index in [-0.39, 0.29) is 18.2 Å². The molecule has 0 aliphatic carbocycles. The van der Waals surface area contributed by atoms with Crippen molar-refractivity contribution >= 4 is 17.5 Å². The summed E-state index contributed by atoms with van der Waals surface area (Å²) in [4.78, 5) is 25.6. The predicted molar refractivity (Wildman–Crippen MR) is 104 cm³/mol. The third kappa shape index (κ3) is 3.53. The number of hydrazine groups is 1. The normalized spacial score (nSPS) is 15.6. The van der Waals surface area contributed by atoms with E-state index in [1.54, 1.807) is 6.07 Å². The SMILES string of the molecule is O=C(Cc1ccccc1)NN1C(=O)c2ccccc2NC1c1ccccc1. The van der Waals surface area contributed by atoms with Gasteiger partial charge < -0.3 is 5.32 Å². The highest BCUT2D eigenvalue weighted by Crippen LogP contribution is 2.31. The van der Waals surface area contributed by atoms with Gasteiger partial charge in [0.05, 0.1) is 12.0 Å². The molecule has 3 aromatic carbocycles. The van der Waals surface area contributed by atoms with Crippen molar-refractivity contribution in [2.75, 3.05) is 5.32 Å². The maximum Gasteiger partial charge on any atom is 0.276 e. The zero-order valence-electron chi connectivity index (χ0n) is 14.6. The van der Waals surface area contributed by atoms with Crippen LogP contribution in [0.2, 0.25) is 0 Å². The first-order chi connectivity index (χ1) is 13.2. The van der Waals surface area contributed by atoms with Crippen LogP contribution in [0.25, 0.3) is 0 Å². The van der Waals surface area contributed by atoms with Crippen LogP contribution in [-0.2, 0) is 11.2 Å². The van der Waals surface area contributed by atoms with Crippen LogP contribution in [-0.4, -0.2) is 16.8 Å². The Morgan fingerprint density at radius 2 is 1.52 bits per heavy atom. The molecule has 3 aromatic rings. The number of nitrogens with one attached hydrogen (secondary N) is 2. The van der Waals surface area contributed by atoms with E-state index in [4.69, 9.17) is 0 Å². The molecule has 1 aliphatic rings. The number of benzene rings is 3. The van der Waals surface area contributed by atoms with Crippen molar-refractivity contribution in [3.63, 3.8) is 0 Å². The minimum Gasteiger partial charge on any atom is -0.359 e. The van der Waals surface area contributed by atoms with Crippen molar-refractivity contribution in [1.29, 1.82) is 0 Å². The molecule has 0 saturated heterocycles. The van der Waals surface area contributed by atoms with Gasteiger partial charge in [0.15, 0.2) is 0 Å². The van der Waals surface area contributed by atoms with Crippen LogP contribution >= 0.6 is 0 Å². The molecule has 5 heteroatoms. The number of rotatable bonds is 4. The maximum atomic E-state index is 13.1. The smallest absolute Gasteiger partial charge is 0.276 e. The van der Waals surface area contributed by atoms with Gasteiger partial charge in [0.25, 0.3) is 5.91 Å². The lowest BCUT2D eigenvalue weighted by atomic mass is 10.0. The van der Waals surface area contributed by atoms with Gasteiger partial charge in [0.1, 0.15) is 6.17 Å². The first kappa shape index (κ1) is 16.8. The van der Waals surface area contributed by atoms with Gasteiger partial charge in [-0.3, -0.25) is 15.0 Å². The van der Waals surface area contributed by atoms with E-state index in [1.165, 1.54) is 5.01 Å². The van der Waals surface area contributed by atoms with E-state index in [9.17, 15) is 9.59 Å². The average molecular weight is 357 g/mol. The first-order valence-electron chi connectivity index (χ1n) is 8.80. The first-order valence-corrected chi connectivity index (χ1v) is 8.80. The number of amides is 2. The standard InChI is InChI=1S/C22H19N3O2/c26-20(15-16-9-3-1-4-10-16)24-25-21(17-11-5-2-6-12-17)23-19-14-8-7-13-18(19)22(25)27/h1-14,21,23H,15H2,(H,24,26). The summed E-state index contributed by atoms with van der Waals surface area (Å²) in [6.07, 6.45) is -0.276. The number of hydrogen-bond acceptors (Lipinski definition) is 3. The number of carbonyl (C=O) groups excluding carboxylic acids is 2. The summed E-state index contributed by atoms with van der Waals surface area (Å²) < 4.78 is 0. The van der Waals surface area contributed by atoms with E-state index in [1.807, 2.05) is 78.9 Å². The topological polar surface area (TPSA) is 61.4 Å². The van der Waals surface area contributed by atoms with Crippen LogP contribution < -0.4 is 10.7 Å². The molecule has 5 nitrogen and oxygen atoms in total. The Balaban J connectivity index is 1.63. The summed E-state index contributed by atoms with van der Waals surface area (Å²) in [6.45, 7) is 0. The molecule has 2 N–H and O–H groups in total. The van der Waals surface area contributed by atoms with Crippen LogP contribution in [0.15, 0.2) is 84.9 Å². The summed E-state index contributed by atoms with van der Waals surface area (Å²) in [5, 5.41) is 4.73. The Bertz CT molecular complexity index is 958. The molecule has 1 heterocycles. The molecule has 134 valence electrons. The van der Waals surface area contributed by atoms with E-state index in [2.05, 4.69) is 10.7 Å². The van der Waals surface area contributed by atoms with Crippen molar-refractivity contribution in [2.45, 2.75) is 12.6 Å². The number of para-hydroxylation sites is 1. The molecule has 2 amide bonds. The van der Waals surface area contributed by atoms with Crippen molar-refractivity contribution < 1.29 is 9.59 Å². The van der Waals surface area contributed by atoms with Gasteiger partial charge in [-0.25, -0.2) is 5.01 Å². The summed E-state index contributed by atoms with van der Waals surface area (Å²) in [5.74, 6) is -0.476. The second-order valence-electron chi connectivity index (χ2n) is 6.38. The lowest BCUT2D eigenvalue weighted by Crippen LogP contribution is -2.53. The highest BCUT2D eigenvalue weighted by molar-refractivity contribution is 6.02. The van der Waals surface area contributed by atoms with Gasteiger partial charge in [-0.05, 0) is 23.3 Å². The third-order valence-electron chi connectivity index (χ3n) is 4.49. The van der Waals surface area contributed by atoms with Gasteiger partial charge in [-0.2, -0.15) is 0 Å². The number of nitrogens with zero attached hydrogens (tertiary/aromatic N) is 1. The zero-order chi connectivity index (χ0) is 18.6. The summed E-state index contributed by atoms with van der Waals surface area (Å²) in [6, 6.07) is 26.4. The van der Waals surface area contributed by atoms with Crippen LogP contribution in [0, 0.1) is 0 Å². The Morgan fingerprint density at radius 3 is 2.26 bits per heavy atom. The lowest BCUT2D eigenvalue weighted by Gasteiger charge is -2.37. The van der Waals surface area contributed by atoms with Crippen LogP contribution in [0.3, 0.4) is 0 Å². The average Bonchev–Trinajstić information content (AvgIpc) is 2.71. The quantitative estimate of drug-likeness (QED) is 0.751.